The summed E-state index contributed by atoms with van der Waals surface area (Å²) in [6, 6.07) is 1.78. The van der Waals surface area contributed by atoms with Gasteiger partial charge in [0.15, 0.2) is 0 Å². The van der Waals surface area contributed by atoms with E-state index in [1.54, 1.807) is 6.07 Å². The molecule has 0 fully saturated rings. The van der Waals surface area contributed by atoms with Gasteiger partial charge in [-0.1, -0.05) is 6.92 Å². The molecule has 0 saturated heterocycles. The molecule has 0 aromatic carbocycles. The summed E-state index contributed by atoms with van der Waals surface area (Å²) in [7, 11) is 0. The van der Waals surface area contributed by atoms with E-state index >= 15 is 0 Å². The van der Waals surface area contributed by atoms with Gasteiger partial charge in [0.1, 0.15) is 11.5 Å². The second-order valence-corrected chi connectivity index (χ2v) is 3.20. The third kappa shape index (κ3) is 1.61. The van der Waals surface area contributed by atoms with Gasteiger partial charge in [0.05, 0.1) is 12.0 Å². The summed E-state index contributed by atoms with van der Waals surface area (Å²) in [5, 5.41) is 6.68. The number of imidazole rings is 1. The number of nitrogen functional groups attached to an aromatic ring is 1. The van der Waals surface area contributed by atoms with E-state index in [2.05, 4.69) is 22.1 Å². The van der Waals surface area contributed by atoms with Crippen LogP contribution in [0.5, 0.6) is 0 Å². The Morgan fingerprint density at radius 3 is 3.07 bits per heavy atom. The topological polar surface area (TPSA) is 72.5 Å². The number of aryl methyl sites for hydroxylation is 1. The number of nitrogens with two attached hydrogens (primary N) is 1. The van der Waals surface area contributed by atoms with Crippen LogP contribution in [-0.2, 0) is 6.54 Å². The molecule has 2 heterocycles. The Kier molecular flexibility index (Phi) is 2.22. The monoisotopic (exact) mass is 191 g/mol. The van der Waals surface area contributed by atoms with Crippen LogP contribution < -0.4 is 5.73 Å². The SMILES string of the molecule is CCCn1cnc(-c2cc(N)n[nH]2)c1. The number of H-pyrrole nitrogens is 1. The molecule has 3 N–H and O–H groups in total. The third-order valence-corrected chi connectivity index (χ3v) is 1.99. The number of rotatable bonds is 3. The highest BCUT2D eigenvalue weighted by atomic mass is 15.2. The minimum Gasteiger partial charge on any atom is -0.382 e. The van der Waals surface area contributed by atoms with Crippen LogP contribution >= 0.6 is 0 Å². The van der Waals surface area contributed by atoms with Crippen LogP contribution in [0.1, 0.15) is 13.3 Å². The van der Waals surface area contributed by atoms with Crippen molar-refractivity contribution in [2.75, 3.05) is 5.73 Å². The zero-order valence-corrected chi connectivity index (χ0v) is 8.07. The molecule has 2 aromatic rings. The summed E-state index contributed by atoms with van der Waals surface area (Å²) in [6.07, 6.45) is 4.90. The molecule has 14 heavy (non-hydrogen) atoms. The number of aromatic amines is 1. The second kappa shape index (κ2) is 3.53. The molecular formula is C9H13N5. The van der Waals surface area contributed by atoms with Crippen molar-refractivity contribution in [1.82, 2.24) is 19.7 Å². The van der Waals surface area contributed by atoms with Crippen LogP contribution in [0.4, 0.5) is 5.82 Å². The van der Waals surface area contributed by atoms with Gasteiger partial charge in [-0.25, -0.2) is 4.98 Å². The lowest BCUT2D eigenvalue weighted by Crippen LogP contribution is -1.90. The Hall–Kier alpha value is -1.78. The molecule has 0 aliphatic rings. The fourth-order valence-corrected chi connectivity index (χ4v) is 1.35. The van der Waals surface area contributed by atoms with Crippen LogP contribution in [0.25, 0.3) is 11.4 Å². The first-order valence-electron chi connectivity index (χ1n) is 4.62. The van der Waals surface area contributed by atoms with E-state index in [4.69, 9.17) is 5.73 Å². The molecule has 74 valence electrons. The van der Waals surface area contributed by atoms with Gasteiger partial charge in [0, 0.05) is 18.8 Å². The molecule has 0 spiro atoms. The molecule has 0 amide bonds. The van der Waals surface area contributed by atoms with Gasteiger partial charge in [0.25, 0.3) is 0 Å². The minimum atomic E-state index is 0.491. The lowest BCUT2D eigenvalue weighted by atomic mass is 10.3. The summed E-state index contributed by atoms with van der Waals surface area (Å²) in [4.78, 5) is 4.25. The van der Waals surface area contributed by atoms with Crippen molar-refractivity contribution in [2.24, 2.45) is 0 Å². The fourth-order valence-electron chi connectivity index (χ4n) is 1.35. The first-order chi connectivity index (χ1) is 6.79. The minimum absolute atomic E-state index is 0.491. The molecular weight excluding hydrogens is 178 g/mol. The summed E-state index contributed by atoms with van der Waals surface area (Å²) in [6.45, 7) is 3.12. The van der Waals surface area contributed by atoms with E-state index in [1.165, 1.54) is 0 Å². The van der Waals surface area contributed by atoms with Gasteiger partial charge in [-0.2, -0.15) is 5.10 Å². The van der Waals surface area contributed by atoms with Crippen molar-refractivity contribution in [2.45, 2.75) is 19.9 Å². The molecule has 0 unspecified atom stereocenters. The van der Waals surface area contributed by atoms with Gasteiger partial charge >= 0.3 is 0 Å². The second-order valence-electron chi connectivity index (χ2n) is 3.20. The smallest absolute Gasteiger partial charge is 0.145 e. The number of hydrogen-bond acceptors (Lipinski definition) is 3. The number of nitrogens with zero attached hydrogens (tertiary/aromatic N) is 3. The van der Waals surface area contributed by atoms with Crippen molar-refractivity contribution in [3.8, 4) is 11.4 Å². The predicted octanol–water partition coefficient (Wildman–Crippen LogP) is 1.27. The summed E-state index contributed by atoms with van der Waals surface area (Å²) in [5.41, 5.74) is 7.24. The van der Waals surface area contributed by atoms with Crippen LogP contribution in [0.2, 0.25) is 0 Å². The third-order valence-electron chi connectivity index (χ3n) is 1.99. The first-order valence-corrected chi connectivity index (χ1v) is 4.62. The normalized spacial score (nSPS) is 10.6. The Balaban J connectivity index is 2.24. The van der Waals surface area contributed by atoms with Gasteiger partial charge < -0.3 is 10.3 Å². The summed E-state index contributed by atoms with van der Waals surface area (Å²) in [5.74, 6) is 0.491. The highest BCUT2D eigenvalue weighted by Gasteiger charge is 2.04. The van der Waals surface area contributed by atoms with Crippen molar-refractivity contribution in [3.05, 3.63) is 18.6 Å². The maximum absolute atomic E-state index is 5.50. The molecule has 0 atom stereocenters. The fraction of sp³-hybridized carbons (Fsp3) is 0.333. The molecule has 0 radical (unpaired) electrons. The lowest BCUT2D eigenvalue weighted by Gasteiger charge is -1.94. The molecule has 2 aromatic heterocycles. The van der Waals surface area contributed by atoms with Crippen molar-refractivity contribution >= 4 is 5.82 Å². The van der Waals surface area contributed by atoms with Gasteiger partial charge in [-0.05, 0) is 6.42 Å². The molecule has 0 aliphatic carbocycles. The highest BCUT2D eigenvalue weighted by molar-refractivity contribution is 5.56. The summed E-state index contributed by atoms with van der Waals surface area (Å²) >= 11 is 0. The van der Waals surface area contributed by atoms with Crippen molar-refractivity contribution in [3.63, 3.8) is 0 Å². The van der Waals surface area contributed by atoms with Crippen molar-refractivity contribution < 1.29 is 0 Å². The molecule has 0 bridgehead atoms. The molecule has 2 rings (SSSR count). The largest absolute Gasteiger partial charge is 0.382 e. The van der Waals surface area contributed by atoms with Gasteiger partial charge in [-0.3, -0.25) is 5.10 Å². The zero-order chi connectivity index (χ0) is 9.97. The molecule has 5 nitrogen and oxygen atoms in total. The van der Waals surface area contributed by atoms with Crippen LogP contribution in [-0.4, -0.2) is 19.7 Å². The van der Waals surface area contributed by atoms with Crippen LogP contribution in [0.15, 0.2) is 18.6 Å². The van der Waals surface area contributed by atoms with E-state index in [9.17, 15) is 0 Å². The van der Waals surface area contributed by atoms with E-state index in [1.807, 2.05) is 17.1 Å². The number of hydrogen-bond donors (Lipinski definition) is 2. The van der Waals surface area contributed by atoms with E-state index < -0.39 is 0 Å². The predicted molar refractivity (Wildman–Crippen MR) is 54.5 cm³/mol. The average molecular weight is 191 g/mol. The lowest BCUT2D eigenvalue weighted by molar-refractivity contribution is 0.678. The Morgan fingerprint density at radius 1 is 1.57 bits per heavy atom. The van der Waals surface area contributed by atoms with Crippen molar-refractivity contribution in [1.29, 1.82) is 0 Å². The number of aromatic nitrogens is 4. The van der Waals surface area contributed by atoms with E-state index in [-0.39, 0.29) is 0 Å². The van der Waals surface area contributed by atoms with Gasteiger partial charge in [-0.15, -0.1) is 0 Å². The maximum Gasteiger partial charge on any atom is 0.145 e. The van der Waals surface area contributed by atoms with Crippen LogP contribution in [0.3, 0.4) is 0 Å². The van der Waals surface area contributed by atoms with Crippen LogP contribution in [0, 0.1) is 0 Å². The summed E-state index contributed by atoms with van der Waals surface area (Å²) < 4.78 is 2.05. The Bertz CT molecular complexity index is 414. The molecule has 5 heteroatoms. The number of anilines is 1. The molecule has 0 saturated carbocycles. The molecule has 0 aliphatic heterocycles. The maximum atomic E-state index is 5.50. The average Bonchev–Trinajstić information content (AvgIpc) is 2.74. The van der Waals surface area contributed by atoms with E-state index in [0.29, 0.717) is 5.82 Å². The van der Waals surface area contributed by atoms with E-state index in [0.717, 1.165) is 24.4 Å². The quantitative estimate of drug-likeness (QED) is 0.767. The Morgan fingerprint density at radius 2 is 2.43 bits per heavy atom. The first kappa shape index (κ1) is 8.80. The standard InChI is InChI=1S/C9H13N5/c1-2-3-14-5-8(11-6-14)7-4-9(10)13-12-7/h4-6H,2-3H2,1H3,(H3,10,12,13). The number of nitrogens with one attached hydrogen (secondary N) is 1. The highest BCUT2D eigenvalue weighted by Crippen LogP contribution is 2.15. The Labute approximate surface area is 82.0 Å². The van der Waals surface area contributed by atoms with Gasteiger partial charge in [0.2, 0.25) is 0 Å². The zero-order valence-electron chi connectivity index (χ0n) is 8.07.